The number of aromatic nitrogens is 5. The molecule has 0 aliphatic heterocycles. The van der Waals surface area contributed by atoms with E-state index in [1.54, 1.807) is 17.8 Å². The molecule has 3 aromatic carbocycles. The molecule has 5 rings (SSSR count). The summed E-state index contributed by atoms with van der Waals surface area (Å²) >= 11 is 0. The highest BCUT2D eigenvalue weighted by Crippen LogP contribution is 2.34. The third kappa shape index (κ3) is 6.24. The maximum Gasteiger partial charge on any atom is 0.315 e. The molecule has 0 unspecified atom stereocenters. The number of hydrogen-bond acceptors (Lipinski definition) is 8. The number of hydrogen-bond donors (Lipinski definition) is 2. The van der Waals surface area contributed by atoms with E-state index in [2.05, 4.69) is 31.1 Å². The standard InChI is InChI=1S/C29H27N7O3/c1-2-39-28(38)18-27(37)32-29-24-8-4-3-7-21(24)10-15-25(29)31-22-11-13-23(14-12-22)36-26(33-34-35-36)16-9-20-6-5-17-30-19-20/h3-8,10-15,17,19,31H,2,9,16,18H2,1H3,(H,32,37). The van der Waals surface area contributed by atoms with Crippen molar-refractivity contribution in [2.24, 2.45) is 0 Å². The van der Waals surface area contributed by atoms with Crippen LogP contribution in [-0.2, 0) is 27.2 Å². The number of carbonyl (C=O) groups excluding carboxylic acids is 2. The van der Waals surface area contributed by atoms with Gasteiger partial charge in [0, 0.05) is 29.9 Å². The van der Waals surface area contributed by atoms with E-state index in [1.807, 2.05) is 79.0 Å². The number of ether oxygens (including phenoxy) is 1. The fraction of sp³-hybridized carbons (Fsp3) is 0.172. The number of benzene rings is 3. The van der Waals surface area contributed by atoms with Gasteiger partial charge in [-0.2, -0.15) is 4.68 Å². The minimum Gasteiger partial charge on any atom is -0.466 e. The van der Waals surface area contributed by atoms with Crippen LogP contribution >= 0.6 is 0 Å². The minimum absolute atomic E-state index is 0.222. The van der Waals surface area contributed by atoms with Crippen LogP contribution in [0.1, 0.15) is 24.7 Å². The predicted octanol–water partition coefficient (Wildman–Crippen LogP) is 4.63. The van der Waals surface area contributed by atoms with Crippen molar-refractivity contribution in [3.63, 3.8) is 0 Å². The number of amides is 1. The van der Waals surface area contributed by atoms with E-state index in [0.29, 0.717) is 17.8 Å². The van der Waals surface area contributed by atoms with Crippen molar-refractivity contribution >= 4 is 39.7 Å². The number of tetrazole rings is 1. The zero-order valence-corrected chi connectivity index (χ0v) is 21.4. The van der Waals surface area contributed by atoms with Crippen molar-refractivity contribution in [3.05, 3.63) is 96.6 Å². The number of pyridine rings is 1. The Kier molecular flexibility index (Phi) is 7.82. The molecule has 2 heterocycles. The molecule has 39 heavy (non-hydrogen) atoms. The van der Waals surface area contributed by atoms with Crippen LogP contribution in [0.2, 0.25) is 0 Å². The highest BCUT2D eigenvalue weighted by atomic mass is 16.5. The van der Waals surface area contributed by atoms with Crippen molar-refractivity contribution in [1.82, 2.24) is 25.2 Å². The van der Waals surface area contributed by atoms with E-state index in [9.17, 15) is 9.59 Å². The summed E-state index contributed by atoms with van der Waals surface area (Å²) in [6.45, 7) is 1.93. The van der Waals surface area contributed by atoms with E-state index in [4.69, 9.17) is 4.74 Å². The summed E-state index contributed by atoms with van der Waals surface area (Å²) in [5.41, 5.74) is 4.03. The summed E-state index contributed by atoms with van der Waals surface area (Å²) in [6.07, 6.45) is 4.68. The molecule has 10 nitrogen and oxygen atoms in total. The van der Waals surface area contributed by atoms with Crippen LogP contribution in [0.25, 0.3) is 16.5 Å². The molecule has 0 radical (unpaired) electrons. The van der Waals surface area contributed by atoms with Crippen LogP contribution < -0.4 is 10.6 Å². The molecule has 0 spiro atoms. The molecule has 0 aliphatic rings. The molecule has 196 valence electrons. The highest BCUT2D eigenvalue weighted by molar-refractivity contribution is 6.10. The fourth-order valence-electron chi connectivity index (χ4n) is 4.24. The topological polar surface area (TPSA) is 124 Å². The number of aryl methyl sites for hydroxylation is 2. The van der Waals surface area contributed by atoms with Crippen molar-refractivity contribution in [1.29, 1.82) is 0 Å². The zero-order valence-electron chi connectivity index (χ0n) is 21.4. The van der Waals surface area contributed by atoms with Gasteiger partial charge in [-0.25, -0.2) is 0 Å². The normalized spacial score (nSPS) is 10.8. The maximum atomic E-state index is 12.6. The van der Waals surface area contributed by atoms with Gasteiger partial charge in [0.2, 0.25) is 5.91 Å². The van der Waals surface area contributed by atoms with Gasteiger partial charge >= 0.3 is 5.97 Å². The Hall–Kier alpha value is -5.12. The lowest BCUT2D eigenvalue weighted by molar-refractivity contribution is -0.145. The van der Waals surface area contributed by atoms with Gasteiger partial charge in [-0.1, -0.05) is 36.4 Å². The number of carbonyl (C=O) groups is 2. The first kappa shape index (κ1) is 25.5. The van der Waals surface area contributed by atoms with Crippen LogP contribution in [0, 0.1) is 0 Å². The van der Waals surface area contributed by atoms with Crippen LogP contribution in [0.15, 0.2) is 85.2 Å². The zero-order chi connectivity index (χ0) is 27.0. The van der Waals surface area contributed by atoms with Crippen molar-refractivity contribution in [2.45, 2.75) is 26.2 Å². The van der Waals surface area contributed by atoms with Crippen molar-refractivity contribution in [3.8, 4) is 5.69 Å². The summed E-state index contributed by atoms with van der Waals surface area (Å²) in [4.78, 5) is 28.6. The molecule has 10 heteroatoms. The number of fused-ring (bicyclic) bond motifs is 1. The highest BCUT2D eigenvalue weighted by Gasteiger charge is 2.15. The van der Waals surface area contributed by atoms with E-state index in [1.165, 1.54) is 0 Å². The summed E-state index contributed by atoms with van der Waals surface area (Å²) in [6, 6.07) is 23.2. The Labute approximate surface area is 225 Å². The molecule has 0 atom stereocenters. The lowest BCUT2D eigenvalue weighted by Gasteiger charge is -2.16. The maximum absolute atomic E-state index is 12.6. The summed E-state index contributed by atoms with van der Waals surface area (Å²) < 4.78 is 6.64. The monoisotopic (exact) mass is 521 g/mol. The molecule has 5 aromatic rings. The lowest BCUT2D eigenvalue weighted by Crippen LogP contribution is -2.19. The van der Waals surface area contributed by atoms with Crippen molar-refractivity contribution < 1.29 is 14.3 Å². The van der Waals surface area contributed by atoms with E-state index >= 15 is 0 Å². The first-order valence-corrected chi connectivity index (χ1v) is 12.6. The predicted molar refractivity (Wildman–Crippen MR) is 148 cm³/mol. The fourth-order valence-corrected chi connectivity index (χ4v) is 4.24. The van der Waals surface area contributed by atoms with E-state index < -0.39 is 11.9 Å². The molecular weight excluding hydrogens is 494 g/mol. The molecule has 2 aromatic heterocycles. The second-order valence-corrected chi connectivity index (χ2v) is 8.78. The second-order valence-electron chi connectivity index (χ2n) is 8.78. The Morgan fingerprint density at radius 2 is 1.79 bits per heavy atom. The van der Waals surface area contributed by atoms with Gasteiger partial charge < -0.3 is 15.4 Å². The van der Waals surface area contributed by atoms with Gasteiger partial charge in [0.25, 0.3) is 0 Å². The molecule has 2 N–H and O–H groups in total. The quantitative estimate of drug-likeness (QED) is 0.201. The lowest BCUT2D eigenvalue weighted by atomic mass is 10.1. The van der Waals surface area contributed by atoms with Gasteiger partial charge in [-0.05, 0) is 71.1 Å². The number of esters is 1. The number of nitrogens with one attached hydrogen (secondary N) is 2. The third-order valence-corrected chi connectivity index (χ3v) is 6.09. The van der Waals surface area contributed by atoms with Crippen LogP contribution in [0.3, 0.4) is 0 Å². The Morgan fingerprint density at radius 3 is 2.59 bits per heavy atom. The molecule has 0 saturated carbocycles. The molecular formula is C29H27N7O3. The average molecular weight is 522 g/mol. The van der Waals surface area contributed by atoms with Crippen LogP contribution in [0.5, 0.6) is 0 Å². The van der Waals surface area contributed by atoms with Crippen LogP contribution in [-0.4, -0.2) is 43.7 Å². The Morgan fingerprint density at radius 1 is 0.949 bits per heavy atom. The molecule has 0 saturated heterocycles. The molecule has 0 bridgehead atoms. The van der Waals surface area contributed by atoms with E-state index in [0.717, 1.165) is 40.0 Å². The molecule has 0 fully saturated rings. The third-order valence-electron chi connectivity index (χ3n) is 6.09. The molecule has 0 aliphatic carbocycles. The minimum atomic E-state index is -0.567. The SMILES string of the molecule is CCOC(=O)CC(=O)Nc1c(Nc2ccc(-n3nnnc3CCc3cccnc3)cc2)ccc2ccccc12. The van der Waals surface area contributed by atoms with E-state index in [-0.39, 0.29) is 13.0 Å². The van der Waals surface area contributed by atoms with Gasteiger partial charge in [0.15, 0.2) is 5.82 Å². The largest absolute Gasteiger partial charge is 0.466 e. The Balaban J connectivity index is 1.34. The first-order chi connectivity index (χ1) is 19.1. The van der Waals surface area contributed by atoms with Crippen molar-refractivity contribution in [2.75, 3.05) is 17.2 Å². The second kappa shape index (κ2) is 12.0. The summed E-state index contributed by atoms with van der Waals surface area (Å²) in [5, 5.41) is 20.3. The van der Waals surface area contributed by atoms with Gasteiger partial charge in [0.1, 0.15) is 6.42 Å². The number of rotatable bonds is 10. The first-order valence-electron chi connectivity index (χ1n) is 12.6. The van der Waals surface area contributed by atoms with Gasteiger partial charge in [-0.15, -0.1) is 5.10 Å². The Bertz CT molecular complexity index is 1580. The summed E-state index contributed by atoms with van der Waals surface area (Å²) in [5.74, 6) is -0.260. The van der Waals surface area contributed by atoms with Gasteiger partial charge in [-0.3, -0.25) is 14.6 Å². The average Bonchev–Trinajstić information content (AvgIpc) is 3.43. The number of anilines is 3. The van der Waals surface area contributed by atoms with Crippen LogP contribution in [0.4, 0.5) is 17.1 Å². The number of nitrogens with zero attached hydrogens (tertiary/aromatic N) is 5. The molecule has 1 amide bonds. The van der Waals surface area contributed by atoms with Gasteiger partial charge in [0.05, 0.1) is 23.7 Å². The smallest absolute Gasteiger partial charge is 0.315 e. The summed E-state index contributed by atoms with van der Waals surface area (Å²) in [7, 11) is 0.